The molecule has 0 saturated carbocycles. The molecule has 5 heteroatoms. The van der Waals surface area contributed by atoms with Gasteiger partial charge in [0, 0.05) is 18.0 Å². The lowest BCUT2D eigenvalue weighted by Gasteiger charge is -1.96. The van der Waals surface area contributed by atoms with E-state index in [1.165, 1.54) is 0 Å². The number of fused-ring (bicyclic) bond motifs is 1. The maximum Gasteiger partial charge on any atom is 0.138 e. The molecular weight excluding hydrogens is 196 g/mol. The van der Waals surface area contributed by atoms with Crippen molar-refractivity contribution in [2.75, 3.05) is 0 Å². The lowest BCUT2D eigenvalue weighted by molar-refractivity contribution is 1.22. The van der Waals surface area contributed by atoms with Gasteiger partial charge < -0.3 is 0 Å². The van der Waals surface area contributed by atoms with Crippen LogP contribution in [-0.2, 0) is 0 Å². The quantitative estimate of drug-likeness (QED) is 0.690. The van der Waals surface area contributed by atoms with Crippen LogP contribution in [0.1, 0.15) is 5.56 Å². The molecule has 0 unspecified atom stereocenters. The number of hydrogen-bond acceptors (Lipinski definition) is 5. The Morgan fingerprint density at radius 1 is 1.21 bits per heavy atom. The fourth-order valence-electron chi connectivity index (χ4n) is 1.33. The zero-order chi connectivity index (χ0) is 9.38. The Morgan fingerprint density at radius 2 is 2.07 bits per heavy atom. The molecule has 0 radical (unpaired) electrons. The van der Waals surface area contributed by atoms with E-state index in [4.69, 9.17) is 0 Å². The van der Waals surface area contributed by atoms with Crippen molar-refractivity contribution in [3.8, 4) is 0 Å². The predicted octanol–water partition coefficient (Wildman–Crippen LogP) is 1.34. The van der Waals surface area contributed by atoms with Gasteiger partial charge in [0.15, 0.2) is 0 Å². The van der Waals surface area contributed by atoms with Gasteiger partial charge in [0.1, 0.15) is 16.1 Å². The Bertz CT molecular complexity index is 449. The lowest BCUT2D eigenvalue weighted by atomic mass is 10.3. The number of rotatable bonds is 1. The highest BCUT2D eigenvalue weighted by atomic mass is 32.2. The minimum absolute atomic E-state index is 0.0585. The fourth-order valence-corrected chi connectivity index (χ4v) is 2.27. The molecule has 14 heavy (non-hydrogen) atoms. The zero-order valence-electron chi connectivity index (χ0n) is 7.16. The minimum atomic E-state index is 0.0585. The molecule has 1 aromatic rings. The molecule has 0 N–H and O–H groups in total. The van der Waals surface area contributed by atoms with Crippen LogP contribution < -0.4 is 0 Å². The van der Waals surface area contributed by atoms with Crippen molar-refractivity contribution in [1.82, 2.24) is 4.98 Å². The van der Waals surface area contributed by atoms with Crippen LogP contribution in [0.2, 0.25) is 0 Å². The van der Waals surface area contributed by atoms with Gasteiger partial charge in [-0.05, 0) is 23.9 Å². The molecule has 0 spiro atoms. The van der Waals surface area contributed by atoms with Crippen molar-refractivity contribution >= 4 is 28.1 Å². The maximum atomic E-state index is 4.49. The van der Waals surface area contributed by atoms with Crippen molar-refractivity contribution in [2.24, 2.45) is 15.2 Å². The van der Waals surface area contributed by atoms with Gasteiger partial charge in [-0.1, -0.05) is 0 Å². The summed E-state index contributed by atoms with van der Waals surface area (Å²) in [6, 6.07) is 3.96. The number of aliphatic imine (C=N–C) groups is 1. The minimum Gasteiger partial charge on any atom is -0.265 e. The molecule has 0 fully saturated rings. The first-order valence-electron chi connectivity index (χ1n) is 4.20. The molecule has 2 aliphatic rings. The molecule has 3 rings (SSSR count). The highest BCUT2D eigenvalue weighted by Gasteiger charge is 2.27. The van der Waals surface area contributed by atoms with Crippen LogP contribution in [0.5, 0.6) is 0 Å². The van der Waals surface area contributed by atoms with E-state index >= 15 is 0 Å². The topological polar surface area (TPSA) is 50.0 Å². The summed E-state index contributed by atoms with van der Waals surface area (Å²) in [4.78, 5) is 8.46. The number of hydrogen-bond donors (Lipinski definition) is 0. The highest BCUT2D eigenvalue weighted by Crippen LogP contribution is 2.27. The molecule has 0 saturated heterocycles. The average molecular weight is 202 g/mol. The van der Waals surface area contributed by atoms with Gasteiger partial charge in [0.05, 0.1) is 6.21 Å². The third-order valence-corrected chi connectivity index (χ3v) is 3.07. The molecule has 2 aliphatic heterocycles. The molecule has 0 bridgehead atoms. The molecule has 4 nitrogen and oxygen atoms in total. The Balaban J connectivity index is 1.96. The Morgan fingerprint density at radius 3 is 2.86 bits per heavy atom. The summed E-state index contributed by atoms with van der Waals surface area (Å²) in [5.74, 6) is 0. The van der Waals surface area contributed by atoms with Crippen molar-refractivity contribution < 1.29 is 0 Å². The summed E-state index contributed by atoms with van der Waals surface area (Å²) in [5, 5.41) is 9.78. The van der Waals surface area contributed by atoms with E-state index in [0.29, 0.717) is 0 Å². The summed E-state index contributed by atoms with van der Waals surface area (Å²) in [5.41, 5.74) is 1.09. The van der Waals surface area contributed by atoms with Crippen LogP contribution in [-0.4, -0.2) is 27.3 Å². The van der Waals surface area contributed by atoms with Crippen LogP contribution >= 0.6 is 11.8 Å². The maximum absolute atomic E-state index is 4.49. The first kappa shape index (κ1) is 7.87. The van der Waals surface area contributed by atoms with Gasteiger partial charge >= 0.3 is 0 Å². The summed E-state index contributed by atoms with van der Waals surface area (Å²) in [6.45, 7) is 0. The van der Waals surface area contributed by atoms with E-state index in [-0.39, 0.29) is 6.04 Å². The van der Waals surface area contributed by atoms with Crippen LogP contribution in [0.25, 0.3) is 0 Å². The van der Waals surface area contributed by atoms with Crippen molar-refractivity contribution in [2.45, 2.75) is 6.04 Å². The summed E-state index contributed by atoms with van der Waals surface area (Å²) in [6.07, 6.45) is 5.29. The van der Waals surface area contributed by atoms with Gasteiger partial charge in [0.2, 0.25) is 0 Å². The molecular formula is C9H6N4S. The third kappa shape index (κ3) is 1.17. The normalized spacial score (nSPS) is 23.3. The van der Waals surface area contributed by atoms with Gasteiger partial charge in [-0.2, -0.15) is 5.10 Å². The second kappa shape index (κ2) is 3.02. The average Bonchev–Trinajstić information content (AvgIpc) is 2.78. The Kier molecular flexibility index (Phi) is 1.70. The molecule has 0 aromatic carbocycles. The SMILES string of the molecule is C1=NN=C2SC(c3ccncc3)=N[C@@H]12. The van der Waals surface area contributed by atoms with E-state index < -0.39 is 0 Å². The molecule has 1 atom stereocenters. The first-order chi connectivity index (χ1) is 6.93. The standard InChI is InChI=1S/C9H6N4S/c1-3-10-4-2-6(1)8-12-7-5-11-13-9(7)14-8/h1-5,7H/t7-/m0/s1. The van der Waals surface area contributed by atoms with E-state index in [1.54, 1.807) is 30.4 Å². The Labute approximate surface area is 84.9 Å². The second-order valence-corrected chi connectivity index (χ2v) is 3.93. The molecule has 1 aromatic heterocycles. The molecule has 0 aliphatic carbocycles. The van der Waals surface area contributed by atoms with Gasteiger partial charge in [-0.15, -0.1) is 5.10 Å². The van der Waals surface area contributed by atoms with Crippen molar-refractivity contribution in [3.05, 3.63) is 30.1 Å². The van der Waals surface area contributed by atoms with E-state index in [0.717, 1.165) is 15.7 Å². The Hall–Kier alpha value is -1.49. The van der Waals surface area contributed by atoms with Crippen LogP contribution in [0.3, 0.4) is 0 Å². The number of nitrogens with zero attached hydrogens (tertiary/aromatic N) is 4. The van der Waals surface area contributed by atoms with Crippen LogP contribution in [0.4, 0.5) is 0 Å². The van der Waals surface area contributed by atoms with Gasteiger partial charge in [-0.3, -0.25) is 9.98 Å². The van der Waals surface area contributed by atoms with E-state index in [9.17, 15) is 0 Å². The van der Waals surface area contributed by atoms with Crippen molar-refractivity contribution in [3.63, 3.8) is 0 Å². The predicted molar refractivity (Wildman–Crippen MR) is 58.1 cm³/mol. The van der Waals surface area contributed by atoms with Crippen molar-refractivity contribution in [1.29, 1.82) is 0 Å². The van der Waals surface area contributed by atoms with E-state index in [2.05, 4.69) is 20.2 Å². The first-order valence-corrected chi connectivity index (χ1v) is 5.02. The molecule has 0 amide bonds. The third-order valence-electron chi connectivity index (χ3n) is 2.00. The van der Waals surface area contributed by atoms with E-state index in [1.807, 2.05) is 12.1 Å². The molecule has 3 heterocycles. The monoisotopic (exact) mass is 202 g/mol. The summed E-state index contributed by atoms with van der Waals surface area (Å²) in [7, 11) is 0. The number of thioether (sulfide) groups is 1. The summed E-state index contributed by atoms with van der Waals surface area (Å²) >= 11 is 1.58. The largest absolute Gasteiger partial charge is 0.265 e. The summed E-state index contributed by atoms with van der Waals surface area (Å²) < 4.78 is 0. The van der Waals surface area contributed by atoms with Crippen LogP contribution in [0, 0.1) is 0 Å². The van der Waals surface area contributed by atoms with Gasteiger partial charge in [0.25, 0.3) is 0 Å². The molecule has 68 valence electrons. The smallest absolute Gasteiger partial charge is 0.138 e. The number of aromatic nitrogens is 1. The lowest BCUT2D eigenvalue weighted by Crippen LogP contribution is -2.06. The van der Waals surface area contributed by atoms with Crippen LogP contribution in [0.15, 0.2) is 39.7 Å². The highest BCUT2D eigenvalue weighted by molar-refractivity contribution is 8.27. The van der Waals surface area contributed by atoms with Gasteiger partial charge in [-0.25, -0.2) is 0 Å². The zero-order valence-corrected chi connectivity index (χ0v) is 7.98. The number of pyridine rings is 1. The second-order valence-electron chi connectivity index (χ2n) is 2.92. The fraction of sp³-hybridized carbons (Fsp3) is 0.111.